The van der Waals surface area contributed by atoms with E-state index in [0.717, 1.165) is 43.2 Å². The molecule has 28 heavy (non-hydrogen) atoms. The van der Waals surface area contributed by atoms with E-state index in [4.69, 9.17) is 4.84 Å². The number of hydrogen-bond donors (Lipinski definition) is 0. The van der Waals surface area contributed by atoms with Gasteiger partial charge in [0.2, 0.25) is 0 Å². The number of nitrogens with zero attached hydrogens (tertiary/aromatic N) is 1. The molecule has 0 aliphatic heterocycles. The number of alkyl halides is 3. The molecular weight excluding hydrogens is 363 g/mol. The molecule has 0 unspecified atom stereocenters. The second-order valence-corrected chi connectivity index (χ2v) is 7.40. The van der Waals surface area contributed by atoms with Crippen molar-refractivity contribution in [1.29, 1.82) is 0 Å². The van der Waals surface area contributed by atoms with Gasteiger partial charge in [0, 0.05) is 0 Å². The van der Waals surface area contributed by atoms with Crippen molar-refractivity contribution in [2.24, 2.45) is 5.16 Å². The lowest BCUT2D eigenvalue weighted by Gasteiger charge is -2.25. The van der Waals surface area contributed by atoms with Crippen LogP contribution in [0, 0.1) is 6.92 Å². The maximum atomic E-state index is 13.6. The van der Waals surface area contributed by atoms with E-state index in [9.17, 15) is 13.2 Å². The molecule has 0 aromatic heterocycles. The van der Waals surface area contributed by atoms with Crippen LogP contribution in [0.2, 0.25) is 0 Å². The van der Waals surface area contributed by atoms with Gasteiger partial charge < -0.3 is 4.84 Å². The van der Waals surface area contributed by atoms with Crippen molar-refractivity contribution in [3.05, 3.63) is 77.2 Å². The number of rotatable bonds is 5. The molecule has 0 amide bonds. The van der Waals surface area contributed by atoms with Crippen LogP contribution in [-0.4, -0.2) is 5.71 Å². The highest BCUT2D eigenvalue weighted by molar-refractivity contribution is 5.98. The Balaban J connectivity index is 1.73. The minimum absolute atomic E-state index is 0.00121. The van der Waals surface area contributed by atoms with E-state index in [1.807, 2.05) is 24.3 Å². The Morgan fingerprint density at radius 1 is 1.07 bits per heavy atom. The Labute approximate surface area is 164 Å². The monoisotopic (exact) mass is 388 g/mol. The summed E-state index contributed by atoms with van der Waals surface area (Å²) in [6.07, 6.45) is 0.394. The quantitative estimate of drug-likeness (QED) is 0.404. The normalized spacial score (nSPS) is 16.2. The van der Waals surface area contributed by atoms with Crippen LogP contribution in [-0.2, 0) is 17.6 Å². The van der Waals surface area contributed by atoms with Crippen LogP contribution < -0.4 is 0 Å². The van der Waals surface area contributed by atoms with Gasteiger partial charge in [0.25, 0.3) is 0 Å². The number of oxime groups is 1. The Kier molecular flexibility index (Phi) is 6.42. The lowest BCUT2D eigenvalue weighted by molar-refractivity contribution is -0.138. The zero-order valence-corrected chi connectivity index (χ0v) is 16.1. The number of benzene rings is 2. The molecule has 1 aliphatic carbocycles. The molecular formula is C23H25F3NO. The smallest absolute Gasteiger partial charge is 0.391 e. The molecule has 0 bridgehead atoms. The predicted molar refractivity (Wildman–Crippen MR) is 105 cm³/mol. The molecule has 2 aromatic rings. The van der Waals surface area contributed by atoms with Crippen molar-refractivity contribution < 1.29 is 18.0 Å². The summed E-state index contributed by atoms with van der Waals surface area (Å²) in [6.45, 7) is 5.62. The van der Waals surface area contributed by atoms with Crippen molar-refractivity contribution >= 4 is 5.71 Å². The molecule has 5 heteroatoms. The molecule has 3 rings (SSSR count). The lowest BCUT2D eigenvalue weighted by Crippen LogP contribution is -2.15. The van der Waals surface area contributed by atoms with Crippen LogP contribution in [0.1, 0.15) is 72.8 Å². The molecule has 1 aliphatic rings. The Bertz CT molecular complexity index is 819. The van der Waals surface area contributed by atoms with Gasteiger partial charge in [0.15, 0.2) is 0 Å². The number of halogens is 3. The third-order valence-corrected chi connectivity index (χ3v) is 5.27. The molecule has 1 radical (unpaired) electrons. The van der Waals surface area contributed by atoms with E-state index in [2.05, 4.69) is 12.1 Å². The minimum atomic E-state index is -4.36. The zero-order chi connectivity index (χ0) is 20.1. The average molecular weight is 388 g/mol. The highest BCUT2D eigenvalue weighted by Crippen LogP contribution is 2.41. The third-order valence-electron chi connectivity index (χ3n) is 5.27. The molecule has 0 saturated heterocycles. The first-order valence-corrected chi connectivity index (χ1v) is 9.63. The topological polar surface area (TPSA) is 21.6 Å². The van der Waals surface area contributed by atoms with E-state index in [0.29, 0.717) is 16.8 Å². The molecule has 0 heterocycles. The van der Waals surface area contributed by atoms with Crippen molar-refractivity contribution in [2.45, 2.75) is 57.7 Å². The molecule has 149 valence electrons. The summed E-state index contributed by atoms with van der Waals surface area (Å²) in [5.41, 5.74) is 2.80. The highest BCUT2D eigenvalue weighted by atomic mass is 19.4. The van der Waals surface area contributed by atoms with E-state index >= 15 is 0 Å². The summed E-state index contributed by atoms with van der Waals surface area (Å²) < 4.78 is 40.8. The second kappa shape index (κ2) is 8.80. The summed E-state index contributed by atoms with van der Waals surface area (Å²) in [6, 6.07) is 12.1. The molecule has 0 spiro atoms. The van der Waals surface area contributed by atoms with Crippen LogP contribution in [0.5, 0.6) is 0 Å². The SMILES string of the molecule is [CH2]c1ccc(C(C)=NOCc2ccc(C3CCCCC3)c(C(F)(F)F)c2)cc1. The van der Waals surface area contributed by atoms with Gasteiger partial charge in [0.1, 0.15) is 6.61 Å². The summed E-state index contributed by atoms with van der Waals surface area (Å²) in [7, 11) is 0. The molecule has 0 N–H and O–H groups in total. The fraction of sp³-hybridized carbons (Fsp3) is 0.391. The van der Waals surface area contributed by atoms with E-state index < -0.39 is 11.7 Å². The fourth-order valence-electron chi connectivity index (χ4n) is 3.71. The summed E-state index contributed by atoms with van der Waals surface area (Å²) in [5, 5.41) is 4.04. The van der Waals surface area contributed by atoms with Gasteiger partial charge in [-0.05, 0) is 60.9 Å². The third kappa shape index (κ3) is 5.15. The van der Waals surface area contributed by atoms with Crippen molar-refractivity contribution in [3.8, 4) is 0 Å². The Morgan fingerprint density at radius 2 is 1.75 bits per heavy atom. The maximum Gasteiger partial charge on any atom is 0.416 e. The Hall–Kier alpha value is -2.30. The van der Waals surface area contributed by atoms with Crippen LogP contribution in [0.4, 0.5) is 13.2 Å². The second-order valence-electron chi connectivity index (χ2n) is 7.40. The predicted octanol–water partition coefficient (Wildman–Crippen LogP) is 6.88. The maximum absolute atomic E-state index is 13.6. The lowest BCUT2D eigenvalue weighted by atomic mass is 9.81. The molecule has 1 fully saturated rings. The van der Waals surface area contributed by atoms with Crippen LogP contribution in [0.25, 0.3) is 0 Å². The van der Waals surface area contributed by atoms with Crippen molar-refractivity contribution in [2.75, 3.05) is 0 Å². The van der Waals surface area contributed by atoms with Crippen LogP contribution >= 0.6 is 0 Å². The molecule has 1 saturated carbocycles. The first-order valence-electron chi connectivity index (χ1n) is 9.63. The number of hydrogen-bond acceptors (Lipinski definition) is 2. The highest BCUT2D eigenvalue weighted by Gasteiger charge is 2.35. The van der Waals surface area contributed by atoms with Gasteiger partial charge in [-0.3, -0.25) is 0 Å². The van der Waals surface area contributed by atoms with E-state index in [1.54, 1.807) is 19.1 Å². The average Bonchev–Trinajstić information content (AvgIpc) is 2.68. The van der Waals surface area contributed by atoms with Gasteiger partial charge >= 0.3 is 6.18 Å². The van der Waals surface area contributed by atoms with E-state index in [-0.39, 0.29) is 12.5 Å². The van der Waals surface area contributed by atoms with Gasteiger partial charge in [-0.1, -0.05) is 60.8 Å². The molecule has 2 nitrogen and oxygen atoms in total. The largest absolute Gasteiger partial charge is 0.416 e. The summed E-state index contributed by atoms with van der Waals surface area (Å²) in [5.74, 6) is -0.00312. The Morgan fingerprint density at radius 3 is 2.39 bits per heavy atom. The zero-order valence-electron chi connectivity index (χ0n) is 16.1. The van der Waals surface area contributed by atoms with Gasteiger partial charge in [-0.25, -0.2) is 0 Å². The minimum Gasteiger partial charge on any atom is -0.391 e. The first kappa shape index (κ1) is 20.4. The van der Waals surface area contributed by atoms with Gasteiger partial charge in [0.05, 0.1) is 11.3 Å². The van der Waals surface area contributed by atoms with Crippen molar-refractivity contribution in [1.82, 2.24) is 0 Å². The van der Waals surface area contributed by atoms with Gasteiger partial charge in [-0.15, -0.1) is 0 Å². The van der Waals surface area contributed by atoms with Gasteiger partial charge in [-0.2, -0.15) is 13.2 Å². The standard InChI is InChI=1S/C23H25F3NO/c1-16-8-11-19(12-9-16)17(2)27-28-15-18-10-13-21(20-6-4-3-5-7-20)22(14-18)23(24,25)26/h8-14,20H,1,3-7,15H2,2H3. The molecule has 0 atom stereocenters. The summed E-state index contributed by atoms with van der Waals surface area (Å²) in [4.78, 5) is 5.32. The van der Waals surface area contributed by atoms with Crippen LogP contribution in [0.3, 0.4) is 0 Å². The first-order chi connectivity index (χ1) is 13.3. The van der Waals surface area contributed by atoms with Crippen molar-refractivity contribution in [3.63, 3.8) is 0 Å². The van der Waals surface area contributed by atoms with Crippen LogP contribution in [0.15, 0.2) is 47.6 Å². The van der Waals surface area contributed by atoms with E-state index in [1.165, 1.54) is 6.07 Å². The molecule has 2 aromatic carbocycles. The summed E-state index contributed by atoms with van der Waals surface area (Å²) >= 11 is 0. The fourth-order valence-corrected chi connectivity index (χ4v) is 3.71.